The van der Waals surface area contributed by atoms with Crippen LogP contribution in [0.2, 0.25) is 0 Å². The van der Waals surface area contributed by atoms with Crippen LogP contribution in [-0.2, 0) is 9.53 Å². The lowest BCUT2D eigenvalue weighted by atomic mass is 10.1. The van der Waals surface area contributed by atoms with E-state index in [1.807, 2.05) is 13.8 Å². The number of methoxy groups -OCH3 is 1. The number of aromatic amines is 1. The van der Waals surface area contributed by atoms with E-state index in [4.69, 9.17) is 4.74 Å². The Kier molecular flexibility index (Phi) is 6.36. The van der Waals surface area contributed by atoms with Crippen molar-refractivity contribution in [1.29, 1.82) is 0 Å². The van der Waals surface area contributed by atoms with Crippen molar-refractivity contribution in [2.45, 2.75) is 40.7 Å². The maximum absolute atomic E-state index is 12.7. The summed E-state index contributed by atoms with van der Waals surface area (Å²) in [4.78, 5) is 40.7. The number of aryl methyl sites for hydroxylation is 1. The van der Waals surface area contributed by atoms with Gasteiger partial charge >= 0.3 is 5.97 Å². The third-order valence-corrected chi connectivity index (χ3v) is 3.49. The number of hydrogen-bond acceptors (Lipinski definition) is 4. The average Bonchev–Trinajstić information content (AvgIpc) is 2.77. The van der Waals surface area contributed by atoms with Gasteiger partial charge in [0.25, 0.3) is 5.91 Å². The molecule has 0 saturated heterocycles. The molecule has 0 spiro atoms. The summed E-state index contributed by atoms with van der Waals surface area (Å²) < 4.78 is 4.74. The molecule has 1 aromatic heterocycles. The third-order valence-electron chi connectivity index (χ3n) is 3.49. The first-order valence-electron chi connectivity index (χ1n) is 7.58. The van der Waals surface area contributed by atoms with E-state index >= 15 is 0 Å². The predicted molar refractivity (Wildman–Crippen MR) is 86.5 cm³/mol. The Morgan fingerprint density at radius 2 is 1.87 bits per heavy atom. The molecule has 7 heteroatoms. The van der Waals surface area contributed by atoms with Gasteiger partial charge in [0.05, 0.1) is 19.2 Å². The number of nitrogens with zero attached hydrogens (tertiary/aromatic N) is 1. The first-order valence-corrected chi connectivity index (χ1v) is 7.58. The normalized spacial score (nSPS) is 10.6. The Morgan fingerprint density at radius 1 is 1.26 bits per heavy atom. The Bertz CT molecular complexity index is 605. The van der Waals surface area contributed by atoms with E-state index in [1.165, 1.54) is 12.0 Å². The maximum atomic E-state index is 12.7. The topological polar surface area (TPSA) is 91.5 Å². The molecule has 0 unspecified atom stereocenters. The molecule has 23 heavy (non-hydrogen) atoms. The molecule has 0 aliphatic rings. The molecule has 1 rings (SSSR count). The summed E-state index contributed by atoms with van der Waals surface area (Å²) in [5.74, 6) is -1.03. The molecule has 2 amide bonds. The van der Waals surface area contributed by atoms with Gasteiger partial charge in [-0.1, -0.05) is 0 Å². The number of carbonyl (C=O) groups excluding carboxylic acids is 3. The summed E-state index contributed by atoms with van der Waals surface area (Å²) in [6.07, 6.45) is 0. The smallest absolute Gasteiger partial charge is 0.339 e. The van der Waals surface area contributed by atoms with Crippen molar-refractivity contribution < 1.29 is 19.1 Å². The zero-order valence-electron chi connectivity index (χ0n) is 14.6. The van der Waals surface area contributed by atoms with E-state index in [1.54, 1.807) is 20.8 Å². The van der Waals surface area contributed by atoms with Gasteiger partial charge in [0.2, 0.25) is 5.91 Å². The van der Waals surface area contributed by atoms with Gasteiger partial charge in [0, 0.05) is 18.3 Å². The number of ether oxygens (including phenoxy) is 1. The Hall–Kier alpha value is -2.31. The van der Waals surface area contributed by atoms with Crippen LogP contribution in [0.4, 0.5) is 0 Å². The van der Waals surface area contributed by atoms with Gasteiger partial charge in [0.1, 0.15) is 5.69 Å². The second kappa shape index (κ2) is 7.80. The summed E-state index contributed by atoms with van der Waals surface area (Å²) in [6, 6.07) is 0.0108. The van der Waals surface area contributed by atoms with Gasteiger partial charge in [-0.05, 0) is 40.2 Å². The van der Waals surface area contributed by atoms with Crippen molar-refractivity contribution in [1.82, 2.24) is 15.2 Å². The van der Waals surface area contributed by atoms with E-state index in [2.05, 4.69) is 10.3 Å². The lowest BCUT2D eigenvalue weighted by Crippen LogP contribution is -2.42. The second-order valence-corrected chi connectivity index (χ2v) is 5.66. The van der Waals surface area contributed by atoms with Crippen LogP contribution in [0.25, 0.3) is 0 Å². The Morgan fingerprint density at radius 3 is 2.35 bits per heavy atom. The van der Waals surface area contributed by atoms with E-state index in [-0.39, 0.29) is 24.4 Å². The molecule has 0 aliphatic heterocycles. The van der Waals surface area contributed by atoms with E-state index in [0.29, 0.717) is 29.1 Å². The summed E-state index contributed by atoms with van der Waals surface area (Å²) in [7, 11) is 1.30. The highest BCUT2D eigenvalue weighted by Gasteiger charge is 2.26. The zero-order valence-corrected chi connectivity index (χ0v) is 14.6. The van der Waals surface area contributed by atoms with Crippen LogP contribution >= 0.6 is 0 Å². The molecule has 0 radical (unpaired) electrons. The lowest BCUT2D eigenvalue weighted by molar-refractivity contribution is -0.122. The van der Waals surface area contributed by atoms with E-state index < -0.39 is 5.97 Å². The summed E-state index contributed by atoms with van der Waals surface area (Å²) in [5.41, 5.74) is 1.77. The summed E-state index contributed by atoms with van der Waals surface area (Å²) in [6.45, 7) is 9.26. The molecule has 128 valence electrons. The number of rotatable bonds is 6. The fourth-order valence-corrected chi connectivity index (χ4v) is 2.40. The number of H-pyrrole nitrogens is 1. The first-order chi connectivity index (χ1) is 10.7. The first kappa shape index (κ1) is 18.7. The van der Waals surface area contributed by atoms with Gasteiger partial charge in [-0.3, -0.25) is 9.59 Å². The van der Waals surface area contributed by atoms with Crippen LogP contribution in [-0.4, -0.2) is 53.9 Å². The molecular weight excluding hydrogens is 298 g/mol. The highest BCUT2D eigenvalue weighted by molar-refractivity contribution is 6.01. The van der Waals surface area contributed by atoms with Gasteiger partial charge in [0.15, 0.2) is 0 Å². The van der Waals surface area contributed by atoms with Crippen molar-refractivity contribution in [3.05, 3.63) is 22.5 Å². The molecule has 1 aromatic rings. The zero-order chi connectivity index (χ0) is 17.7. The Balaban J connectivity index is 3.03. The van der Waals surface area contributed by atoms with Crippen LogP contribution in [0, 0.1) is 13.8 Å². The van der Waals surface area contributed by atoms with E-state index in [0.717, 1.165) is 0 Å². The van der Waals surface area contributed by atoms with E-state index in [9.17, 15) is 14.4 Å². The van der Waals surface area contributed by atoms with Crippen LogP contribution in [0.5, 0.6) is 0 Å². The number of esters is 1. The largest absolute Gasteiger partial charge is 0.465 e. The molecule has 0 atom stereocenters. The van der Waals surface area contributed by atoms with Crippen molar-refractivity contribution in [2.24, 2.45) is 0 Å². The number of aromatic nitrogens is 1. The van der Waals surface area contributed by atoms with Crippen molar-refractivity contribution in [3.63, 3.8) is 0 Å². The van der Waals surface area contributed by atoms with Gasteiger partial charge in [-0.25, -0.2) is 4.79 Å². The maximum Gasteiger partial charge on any atom is 0.339 e. The molecule has 0 saturated carbocycles. The molecule has 0 aromatic carbocycles. The molecular formula is C16H25N3O4. The third kappa shape index (κ3) is 4.34. The number of carbonyl (C=O) groups is 3. The van der Waals surface area contributed by atoms with Crippen molar-refractivity contribution in [2.75, 3.05) is 20.2 Å². The van der Waals surface area contributed by atoms with Crippen LogP contribution in [0.3, 0.4) is 0 Å². The summed E-state index contributed by atoms with van der Waals surface area (Å²) >= 11 is 0. The standard InChI is InChI=1S/C16H25N3O4/c1-7-19(8-12(20)17-9(2)3)15(21)14-10(4)13(11(5)18-14)16(22)23-6/h9,18H,7-8H2,1-6H3,(H,17,20). The summed E-state index contributed by atoms with van der Waals surface area (Å²) in [5, 5.41) is 2.76. The number of likely N-dealkylation sites (N-methyl/N-ethyl adjacent to an activating group) is 1. The van der Waals surface area contributed by atoms with Crippen LogP contribution in [0.15, 0.2) is 0 Å². The van der Waals surface area contributed by atoms with Gasteiger partial charge < -0.3 is 19.9 Å². The minimum atomic E-state index is -0.490. The van der Waals surface area contributed by atoms with Crippen LogP contribution in [0.1, 0.15) is 52.9 Å². The molecule has 0 aliphatic carbocycles. The lowest BCUT2D eigenvalue weighted by Gasteiger charge is -2.21. The molecule has 2 N–H and O–H groups in total. The average molecular weight is 323 g/mol. The molecule has 0 fully saturated rings. The van der Waals surface area contributed by atoms with Crippen molar-refractivity contribution >= 4 is 17.8 Å². The quantitative estimate of drug-likeness (QED) is 0.774. The second-order valence-electron chi connectivity index (χ2n) is 5.66. The minimum absolute atomic E-state index is 0.0108. The number of nitrogens with one attached hydrogen (secondary N) is 2. The predicted octanol–water partition coefficient (Wildman–Crippen LogP) is 1.40. The van der Waals surface area contributed by atoms with Gasteiger partial charge in [-0.2, -0.15) is 0 Å². The molecule has 1 heterocycles. The fraction of sp³-hybridized carbons (Fsp3) is 0.562. The highest BCUT2D eigenvalue weighted by atomic mass is 16.5. The SMILES string of the molecule is CCN(CC(=O)NC(C)C)C(=O)c1[nH]c(C)c(C(=O)OC)c1C. The van der Waals surface area contributed by atoms with Gasteiger partial charge in [-0.15, -0.1) is 0 Å². The fourth-order valence-electron chi connectivity index (χ4n) is 2.40. The number of amides is 2. The van der Waals surface area contributed by atoms with Crippen molar-refractivity contribution in [3.8, 4) is 0 Å². The Labute approximate surface area is 136 Å². The number of hydrogen-bond donors (Lipinski definition) is 2. The molecule has 0 bridgehead atoms. The molecule has 7 nitrogen and oxygen atoms in total. The highest BCUT2D eigenvalue weighted by Crippen LogP contribution is 2.20. The minimum Gasteiger partial charge on any atom is -0.465 e. The monoisotopic (exact) mass is 323 g/mol. The van der Waals surface area contributed by atoms with Crippen LogP contribution < -0.4 is 5.32 Å².